The van der Waals surface area contributed by atoms with Crippen LogP contribution in [-0.2, 0) is 11.3 Å². The van der Waals surface area contributed by atoms with E-state index in [4.69, 9.17) is 4.74 Å². The lowest BCUT2D eigenvalue weighted by Gasteiger charge is -2.26. The van der Waals surface area contributed by atoms with Crippen LogP contribution in [0.25, 0.3) is 0 Å². The number of para-hydroxylation sites is 1. The second kappa shape index (κ2) is 14.4. The summed E-state index contributed by atoms with van der Waals surface area (Å²) in [6, 6.07) is 17.2. The summed E-state index contributed by atoms with van der Waals surface area (Å²) in [6.45, 7) is 5.80. The van der Waals surface area contributed by atoms with Gasteiger partial charge in [0.15, 0.2) is 5.96 Å². The number of aliphatic imine (C=N–C) groups is 1. The van der Waals surface area contributed by atoms with E-state index >= 15 is 0 Å². The number of hydrogen-bond acceptors (Lipinski definition) is 4. The van der Waals surface area contributed by atoms with Gasteiger partial charge in [0.2, 0.25) is 5.91 Å². The van der Waals surface area contributed by atoms with Gasteiger partial charge >= 0.3 is 0 Å². The zero-order chi connectivity index (χ0) is 22.6. The van der Waals surface area contributed by atoms with Gasteiger partial charge in [-0.2, -0.15) is 0 Å². The fraction of sp³-hybridized carbons (Fsp3) is 0.375. The number of amides is 2. The third-order valence-electron chi connectivity index (χ3n) is 4.92. The molecule has 1 heterocycles. The van der Waals surface area contributed by atoms with Gasteiger partial charge in [-0.3, -0.25) is 9.59 Å². The van der Waals surface area contributed by atoms with Gasteiger partial charge in [0.25, 0.3) is 5.91 Å². The Morgan fingerprint density at radius 1 is 1.12 bits per heavy atom. The molecule has 1 saturated heterocycles. The van der Waals surface area contributed by atoms with Crippen molar-refractivity contribution >= 4 is 41.8 Å². The van der Waals surface area contributed by atoms with E-state index in [1.807, 2.05) is 49.4 Å². The number of carbonyl (C=O) groups excluding carboxylic acids is 2. The molecule has 2 amide bonds. The molecular weight excluding hydrogens is 533 g/mol. The average molecular weight is 565 g/mol. The van der Waals surface area contributed by atoms with Crippen molar-refractivity contribution in [3.63, 3.8) is 0 Å². The van der Waals surface area contributed by atoms with Crippen LogP contribution in [-0.4, -0.2) is 62.0 Å². The molecule has 8 nitrogen and oxygen atoms in total. The molecule has 0 saturated carbocycles. The Hall–Kier alpha value is -2.82. The number of piperazine rings is 1. The van der Waals surface area contributed by atoms with E-state index in [2.05, 4.69) is 20.9 Å². The first-order valence-electron chi connectivity index (χ1n) is 11.0. The van der Waals surface area contributed by atoms with Crippen LogP contribution in [0.3, 0.4) is 0 Å². The number of halogens is 1. The quantitative estimate of drug-likeness (QED) is 0.188. The number of ether oxygens (including phenoxy) is 1. The SMILES string of the molecule is CCNC(=NCc1ccc(C(=O)N2CCNC(=O)C2)cc1)NCCCOc1ccccc1.I. The van der Waals surface area contributed by atoms with E-state index in [-0.39, 0.29) is 42.3 Å². The normalized spacial score (nSPS) is 13.5. The molecular formula is C24H32IN5O3. The zero-order valence-corrected chi connectivity index (χ0v) is 21.2. The number of carbonyl (C=O) groups is 2. The van der Waals surface area contributed by atoms with E-state index in [0.717, 1.165) is 36.8 Å². The maximum absolute atomic E-state index is 12.6. The van der Waals surface area contributed by atoms with Crippen molar-refractivity contribution in [2.75, 3.05) is 39.3 Å². The fourth-order valence-electron chi connectivity index (χ4n) is 3.25. The maximum atomic E-state index is 12.6. The van der Waals surface area contributed by atoms with Crippen LogP contribution >= 0.6 is 24.0 Å². The highest BCUT2D eigenvalue weighted by Gasteiger charge is 2.22. The van der Waals surface area contributed by atoms with Crippen molar-refractivity contribution in [1.82, 2.24) is 20.9 Å². The molecule has 178 valence electrons. The molecule has 9 heteroatoms. The molecule has 0 atom stereocenters. The Labute approximate surface area is 212 Å². The summed E-state index contributed by atoms with van der Waals surface area (Å²) >= 11 is 0. The van der Waals surface area contributed by atoms with Crippen molar-refractivity contribution in [3.8, 4) is 5.75 Å². The van der Waals surface area contributed by atoms with Gasteiger partial charge < -0.3 is 25.6 Å². The largest absolute Gasteiger partial charge is 0.494 e. The standard InChI is InChI=1S/C24H31N5O3.HI/c1-2-25-24(27-13-6-16-32-21-7-4-3-5-8-21)28-17-19-9-11-20(12-10-19)23(31)29-15-14-26-22(30)18-29;/h3-5,7-12H,2,6,13-18H2,1H3,(H,26,30)(H2,25,27,28);1H. The molecule has 0 bridgehead atoms. The van der Waals surface area contributed by atoms with Crippen LogP contribution in [0.5, 0.6) is 5.75 Å². The number of guanidine groups is 1. The van der Waals surface area contributed by atoms with Crippen LogP contribution < -0.4 is 20.7 Å². The van der Waals surface area contributed by atoms with Gasteiger partial charge in [0.1, 0.15) is 5.75 Å². The monoisotopic (exact) mass is 565 g/mol. The van der Waals surface area contributed by atoms with E-state index in [0.29, 0.717) is 31.8 Å². The summed E-state index contributed by atoms with van der Waals surface area (Å²) in [5, 5.41) is 9.28. The number of nitrogens with one attached hydrogen (secondary N) is 3. The highest BCUT2D eigenvalue weighted by Crippen LogP contribution is 2.10. The van der Waals surface area contributed by atoms with Crippen molar-refractivity contribution in [2.45, 2.75) is 19.9 Å². The second-order valence-electron chi connectivity index (χ2n) is 7.41. The highest BCUT2D eigenvalue weighted by molar-refractivity contribution is 14.0. The van der Waals surface area contributed by atoms with Crippen LogP contribution in [0.15, 0.2) is 59.6 Å². The average Bonchev–Trinajstić information content (AvgIpc) is 2.83. The summed E-state index contributed by atoms with van der Waals surface area (Å²) in [6.07, 6.45) is 0.852. The van der Waals surface area contributed by atoms with E-state index in [9.17, 15) is 9.59 Å². The smallest absolute Gasteiger partial charge is 0.254 e. The van der Waals surface area contributed by atoms with Gasteiger partial charge in [-0.05, 0) is 43.2 Å². The minimum Gasteiger partial charge on any atom is -0.494 e. The summed E-state index contributed by atoms with van der Waals surface area (Å²) in [5.41, 5.74) is 1.58. The van der Waals surface area contributed by atoms with Crippen LogP contribution in [0.2, 0.25) is 0 Å². The Bertz CT molecular complexity index is 906. The first-order valence-corrected chi connectivity index (χ1v) is 11.0. The van der Waals surface area contributed by atoms with Gasteiger partial charge in [0, 0.05) is 31.7 Å². The van der Waals surface area contributed by atoms with Gasteiger partial charge in [-0.25, -0.2) is 4.99 Å². The second-order valence-corrected chi connectivity index (χ2v) is 7.41. The topological polar surface area (TPSA) is 95.1 Å². The van der Waals surface area contributed by atoms with Gasteiger partial charge in [-0.1, -0.05) is 30.3 Å². The van der Waals surface area contributed by atoms with Crippen LogP contribution in [0.4, 0.5) is 0 Å². The van der Waals surface area contributed by atoms with E-state index in [1.165, 1.54) is 0 Å². The van der Waals surface area contributed by atoms with Crippen LogP contribution in [0.1, 0.15) is 29.3 Å². The molecule has 2 aromatic rings. The summed E-state index contributed by atoms with van der Waals surface area (Å²) in [5.74, 6) is 1.37. The number of rotatable bonds is 9. The minimum absolute atomic E-state index is 0. The Morgan fingerprint density at radius 2 is 1.88 bits per heavy atom. The van der Waals surface area contributed by atoms with Crippen molar-refractivity contribution < 1.29 is 14.3 Å². The van der Waals surface area contributed by atoms with Crippen molar-refractivity contribution in [2.24, 2.45) is 4.99 Å². The maximum Gasteiger partial charge on any atom is 0.254 e. The fourth-order valence-corrected chi connectivity index (χ4v) is 3.25. The van der Waals surface area contributed by atoms with Gasteiger partial charge in [-0.15, -0.1) is 24.0 Å². The predicted molar refractivity (Wildman–Crippen MR) is 140 cm³/mol. The number of hydrogen-bond donors (Lipinski definition) is 3. The van der Waals surface area contributed by atoms with Crippen molar-refractivity contribution in [3.05, 3.63) is 65.7 Å². The molecule has 3 N–H and O–H groups in total. The Balaban J connectivity index is 0.00000385. The molecule has 0 aliphatic carbocycles. The molecule has 1 aliphatic rings. The first-order chi connectivity index (χ1) is 15.7. The van der Waals surface area contributed by atoms with Crippen molar-refractivity contribution in [1.29, 1.82) is 0 Å². The summed E-state index contributed by atoms with van der Waals surface area (Å²) < 4.78 is 5.70. The molecule has 0 aromatic heterocycles. The minimum atomic E-state index is -0.123. The Morgan fingerprint density at radius 3 is 2.58 bits per heavy atom. The molecule has 1 aliphatic heterocycles. The third kappa shape index (κ3) is 8.91. The summed E-state index contributed by atoms with van der Waals surface area (Å²) in [4.78, 5) is 30.3. The number of nitrogens with zero attached hydrogens (tertiary/aromatic N) is 2. The third-order valence-corrected chi connectivity index (χ3v) is 4.92. The van der Waals surface area contributed by atoms with Gasteiger partial charge in [0.05, 0.1) is 19.7 Å². The van der Waals surface area contributed by atoms with E-state index < -0.39 is 0 Å². The summed E-state index contributed by atoms with van der Waals surface area (Å²) in [7, 11) is 0. The molecule has 1 fully saturated rings. The molecule has 2 aromatic carbocycles. The molecule has 0 unspecified atom stereocenters. The highest BCUT2D eigenvalue weighted by atomic mass is 127. The Kier molecular flexibility index (Phi) is 11.5. The predicted octanol–water partition coefficient (Wildman–Crippen LogP) is 2.40. The number of benzene rings is 2. The molecule has 0 radical (unpaired) electrons. The molecule has 33 heavy (non-hydrogen) atoms. The lowest BCUT2D eigenvalue weighted by Crippen LogP contribution is -2.49. The molecule has 0 spiro atoms. The lowest BCUT2D eigenvalue weighted by atomic mass is 10.1. The van der Waals surface area contributed by atoms with Crippen LogP contribution in [0, 0.1) is 0 Å². The van der Waals surface area contributed by atoms with E-state index in [1.54, 1.807) is 17.0 Å². The zero-order valence-electron chi connectivity index (χ0n) is 18.9. The molecule has 3 rings (SSSR count). The first kappa shape index (κ1) is 26.4. The lowest BCUT2D eigenvalue weighted by molar-refractivity contribution is -0.123.